The minimum atomic E-state index is 0.0798. The number of thiocarbonyl (C=S) groups is 1. The summed E-state index contributed by atoms with van der Waals surface area (Å²) in [6.07, 6.45) is 4.56. The van der Waals surface area contributed by atoms with Gasteiger partial charge in [0.2, 0.25) is 0 Å². The molecule has 0 saturated heterocycles. The number of halogens is 1. The molecule has 0 amide bonds. The third-order valence-corrected chi connectivity index (χ3v) is 4.34. The van der Waals surface area contributed by atoms with Gasteiger partial charge in [-0.15, -0.1) is 10.2 Å². The molecule has 0 bridgehead atoms. The summed E-state index contributed by atoms with van der Waals surface area (Å²) in [6.45, 7) is 4.91. The maximum Gasteiger partial charge on any atom is 0.357 e. The molecule has 0 saturated carbocycles. The molecule has 25 heavy (non-hydrogen) atoms. The summed E-state index contributed by atoms with van der Waals surface area (Å²) in [5.41, 5.74) is 1.45. The van der Waals surface area contributed by atoms with Crippen LogP contribution in [0.1, 0.15) is 39.5 Å². The van der Waals surface area contributed by atoms with E-state index < -0.39 is 0 Å². The molecule has 0 aliphatic rings. The second-order valence-electron chi connectivity index (χ2n) is 5.83. The highest BCUT2D eigenvalue weighted by atomic mass is 35.5. The average Bonchev–Trinajstić information content (AvgIpc) is 2.63. The van der Waals surface area contributed by atoms with Crippen LogP contribution >= 0.6 is 23.8 Å². The molecule has 134 valence electrons. The van der Waals surface area contributed by atoms with Crippen LogP contribution < -0.4 is 4.74 Å². The maximum atomic E-state index is 5.96. The van der Waals surface area contributed by atoms with Gasteiger partial charge >= 0.3 is 5.24 Å². The minimum absolute atomic E-state index is 0.0798. The van der Waals surface area contributed by atoms with Gasteiger partial charge in [-0.3, -0.25) is 0 Å². The van der Waals surface area contributed by atoms with Crippen molar-refractivity contribution in [2.75, 3.05) is 6.61 Å². The molecule has 0 fully saturated rings. The van der Waals surface area contributed by atoms with Crippen molar-refractivity contribution in [1.82, 2.24) is 10.2 Å². The summed E-state index contributed by atoms with van der Waals surface area (Å²) in [4.78, 5) is 0. The van der Waals surface area contributed by atoms with E-state index in [0.717, 1.165) is 18.4 Å². The molecule has 2 rings (SSSR count). The highest BCUT2D eigenvalue weighted by Gasteiger charge is 2.14. The summed E-state index contributed by atoms with van der Waals surface area (Å²) in [5, 5.41) is 8.35. The van der Waals surface area contributed by atoms with Gasteiger partial charge in [-0.2, -0.15) is 0 Å². The highest BCUT2D eigenvalue weighted by Crippen LogP contribution is 2.29. The van der Waals surface area contributed by atoms with Crippen molar-refractivity contribution in [3.8, 4) is 17.0 Å². The third-order valence-electron chi connectivity index (χ3n) is 3.95. The Morgan fingerprint density at radius 3 is 2.64 bits per heavy atom. The van der Waals surface area contributed by atoms with Crippen LogP contribution in [0.25, 0.3) is 11.3 Å². The SMILES string of the molecule is CCCCC(CC)COC(=S)Oc1cc(Cl)nnc1-c1ccccc1. The normalized spacial score (nSPS) is 11.8. The van der Waals surface area contributed by atoms with E-state index in [-0.39, 0.29) is 10.4 Å². The lowest BCUT2D eigenvalue weighted by molar-refractivity contribution is 0.189. The molecular weight excluding hydrogens is 356 g/mol. The second-order valence-corrected chi connectivity index (χ2v) is 6.55. The van der Waals surface area contributed by atoms with E-state index >= 15 is 0 Å². The first-order valence-corrected chi connectivity index (χ1v) is 9.35. The summed E-state index contributed by atoms with van der Waals surface area (Å²) in [5.74, 6) is 0.923. The summed E-state index contributed by atoms with van der Waals surface area (Å²) in [7, 11) is 0. The van der Waals surface area contributed by atoms with Gasteiger partial charge in [0.15, 0.2) is 10.9 Å². The Morgan fingerprint density at radius 1 is 1.20 bits per heavy atom. The summed E-state index contributed by atoms with van der Waals surface area (Å²) >= 11 is 11.2. The van der Waals surface area contributed by atoms with Crippen molar-refractivity contribution in [1.29, 1.82) is 0 Å². The fourth-order valence-electron chi connectivity index (χ4n) is 2.43. The Kier molecular flexibility index (Phi) is 8.09. The first-order valence-electron chi connectivity index (χ1n) is 8.57. The molecule has 1 unspecified atom stereocenters. The van der Waals surface area contributed by atoms with E-state index in [1.54, 1.807) is 6.07 Å². The van der Waals surface area contributed by atoms with Crippen LogP contribution in [-0.4, -0.2) is 22.0 Å². The number of nitrogens with zero attached hydrogens (tertiary/aromatic N) is 2. The molecule has 1 aromatic heterocycles. The van der Waals surface area contributed by atoms with Crippen molar-refractivity contribution in [2.24, 2.45) is 5.92 Å². The van der Waals surface area contributed by atoms with Crippen molar-refractivity contribution in [2.45, 2.75) is 39.5 Å². The van der Waals surface area contributed by atoms with Gasteiger partial charge < -0.3 is 9.47 Å². The van der Waals surface area contributed by atoms with Crippen molar-refractivity contribution >= 4 is 29.1 Å². The summed E-state index contributed by atoms with van der Waals surface area (Å²) in [6, 6.07) is 11.2. The standard InChI is InChI=1S/C19H23ClN2O2S/c1-3-5-9-14(4-2)13-23-19(25)24-16-12-17(20)21-22-18(16)15-10-7-6-8-11-15/h6-8,10-12,14H,3-5,9,13H2,1-2H3. The van der Waals surface area contributed by atoms with Gasteiger partial charge in [0.1, 0.15) is 5.69 Å². The number of benzene rings is 1. The zero-order valence-corrected chi connectivity index (χ0v) is 16.1. The predicted octanol–water partition coefficient (Wildman–Crippen LogP) is 5.69. The van der Waals surface area contributed by atoms with Gasteiger partial charge in [0, 0.05) is 23.8 Å². The number of hydrogen-bond acceptors (Lipinski definition) is 5. The molecule has 2 aromatic rings. The maximum absolute atomic E-state index is 5.96. The van der Waals surface area contributed by atoms with Gasteiger partial charge in [-0.1, -0.05) is 75.0 Å². The number of aromatic nitrogens is 2. The van der Waals surface area contributed by atoms with Crippen molar-refractivity contribution in [3.05, 3.63) is 41.6 Å². The molecule has 0 radical (unpaired) electrons. The topological polar surface area (TPSA) is 44.2 Å². The predicted molar refractivity (Wildman–Crippen MR) is 105 cm³/mol. The Morgan fingerprint density at radius 2 is 1.96 bits per heavy atom. The van der Waals surface area contributed by atoms with Gasteiger partial charge in [-0.25, -0.2) is 0 Å². The van der Waals surface area contributed by atoms with Crippen molar-refractivity contribution in [3.63, 3.8) is 0 Å². The number of rotatable bonds is 8. The molecule has 1 aromatic carbocycles. The lowest BCUT2D eigenvalue weighted by atomic mass is 10.0. The third kappa shape index (κ3) is 6.25. The number of unbranched alkanes of at least 4 members (excludes halogenated alkanes) is 1. The molecule has 1 heterocycles. The fourth-order valence-corrected chi connectivity index (χ4v) is 2.72. The molecule has 0 spiro atoms. The van der Waals surface area contributed by atoms with Crippen LogP contribution in [0.3, 0.4) is 0 Å². The van der Waals surface area contributed by atoms with Crippen LogP contribution in [0.5, 0.6) is 5.75 Å². The van der Waals surface area contributed by atoms with Crippen LogP contribution in [0.2, 0.25) is 5.15 Å². The Hall–Kier alpha value is -1.72. The molecular formula is C19H23ClN2O2S. The van der Waals surface area contributed by atoms with Crippen LogP contribution in [0.15, 0.2) is 36.4 Å². The highest BCUT2D eigenvalue weighted by molar-refractivity contribution is 7.79. The zero-order chi connectivity index (χ0) is 18.1. The minimum Gasteiger partial charge on any atom is -0.456 e. The van der Waals surface area contributed by atoms with Crippen LogP contribution in [0, 0.1) is 5.92 Å². The molecule has 4 nitrogen and oxygen atoms in total. The van der Waals surface area contributed by atoms with E-state index in [9.17, 15) is 0 Å². The molecule has 0 aliphatic heterocycles. The van der Waals surface area contributed by atoms with E-state index in [0.29, 0.717) is 24.0 Å². The first-order chi connectivity index (χ1) is 12.1. The fraction of sp³-hybridized carbons (Fsp3) is 0.421. The van der Waals surface area contributed by atoms with E-state index in [1.165, 1.54) is 12.8 Å². The van der Waals surface area contributed by atoms with Gasteiger partial charge in [-0.05, 0) is 12.3 Å². The molecule has 1 atom stereocenters. The lowest BCUT2D eigenvalue weighted by Gasteiger charge is -2.16. The van der Waals surface area contributed by atoms with E-state index in [2.05, 4.69) is 24.0 Å². The number of hydrogen-bond donors (Lipinski definition) is 0. The average molecular weight is 379 g/mol. The van der Waals surface area contributed by atoms with Crippen molar-refractivity contribution < 1.29 is 9.47 Å². The number of ether oxygens (including phenoxy) is 2. The lowest BCUT2D eigenvalue weighted by Crippen LogP contribution is -2.17. The molecule has 0 N–H and O–H groups in total. The van der Waals surface area contributed by atoms with E-state index in [1.807, 2.05) is 30.3 Å². The Balaban J connectivity index is 2.04. The van der Waals surface area contributed by atoms with Crippen LogP contribution in [-0.2, 0) is 4.74 Å². The molecule has 0 aliphatic carbocycles. The largest absolute Gasteiger partial charge is 0.456 e. The summed E-state index contributed by atoms with van der Waals surface area (Å²) < 4.78 is 11.3. The molecule has 6 heteroatoms. The van der Waals surface area contributed by atoms with Gasteiger partial charge in [0.25, 0.3) is 0 Å². The van der Waals surface area contributed by atoms with Gasteiger partial charge in [0.05, 0.1) is 6.61 Å². The smallest absolute Gasteiger partial charge is 0.357 e. The van der Waals surface area contributed by atoms with Crippen LogP contribution in [0.4, 0.5) is 0 Å². The van der Waals surface area contributed by atoms with E-state index in [4.69, 9.17) is 33.3 Å². The Labute approximate surface area is 159 Å². The quantitative estimate of drug-likeness (QED) is 0.552. The zero-order valence-electron chi connectivity index (χ0n) is 14.6. The monoisotopic (exact) mass is 378 g/mol. The second kappa shape index (κ2) is 10.3. The Bertz CT molecular complexity index is 682. The first kappa shape index (κ1) is 19.6.